The number of rotatable bonds is 3. The highest BCUT2D eigenvalue weighted by molar-refractivity contribution is 5.96. The van der Waals surface area contributed by atoms with Crippen molar-refractivity contribution in [3.8, 4) is 6.07 Å². The summed E-state index contributed by atoms with van der Waals surface area (Å²) in [5, 5.41) is 9.32. The van der Waals surface area contributed by atoms with Crippen molar-refractivity contribution in [2.45, 2.75) is 5.92 Å². The number of hydrogen-bond donors (Lipinski definition) is 0. The minimum atomic E-state index is -0.521. The van der Waals surface area contributed by atoms with Crippen molar-refractivity contribution < 1.29 is 19.1 Å². The smallest absolute Gasteiger partial charge is 0.338 e. The molecule has 0 radical (unpaired) electrons. The summed E-state index contributed by atoms with van der Waals surface area (Å²) in [5.74, 6) is -1.32. The Balaban J connectivity index is 2.49. The molecule has 1 heterocycles. The molecule has 2 rings (SSSR count). The lowest BCUT2D eigenvalue weighted by atomic mass is 9.86. The fourth-order valence-electron chi connectivity index (χ4n) is 2.86. The molecule has 1 aliphatic heterocycles. The maximum Gasteiger partial charge on any atom is 0.338 e. The zero-order valence-corrected chi connectivity index (χ0v) is 12.8. The van der Waals surface area contributed by atoms with Crippen LogP contribution in [0.25, 0.3) is 0 Å². The molecular formula is C16H18N2O4. The van der Waals surface area contributed by atoms with Crippen molar-refractivity contribution >= 4 is 11.9 Å². The molecule has 1 saturated heterocycles. The minimum Gasteiger partial charge on any atom is -0.465 e. The number of benzene rings is 1. The second-order valence-corrected chi connectivity index (χ2v) is 5.35. The molecule has 1 fully saturated rings. The van der Waals surface area contributed by atoms with E-state index in [-0.39, 0.29) is 17.4 Å². The van der Waals surface area contributed by atoms with Crippen LogP contribution in [-0.4, -0.2) is 51.2 Å². The third-order valence-corrected chi connectivity index (χ3v) is 3.95. The first-order valence-corrected chi connectivity index (χ1v) is 6.90. The number of ether oxygens (including phenoxy) is 2. The van der Waals surface area contributed by atoms with Gasteiger partial charge in [0.1, 0.15) is 0 Å². The third-order valence-electron chi connectivity index (χ3n) is 3.95. The average Bonchev–Trinajstić information content (AvgIpc) is 2.93. The van der Waals surface area contributed by atoms with E-state index in [0.717, 1.165) is 5.56 Å². The van der Waals surface area contributed by atoms with Crippen molar-refractivity contribution in [3.05, 3.63) is 34.9 Å². The molecule has 1 aromatic carbocycles. The normalized spacial score (nSPS) is 21.2. The van der Waals surface area contributed by atoms with Gasteiger partial charge in [0, 0.05) is 19.0 Å². The van der Waals surface area contributed by atoms with Crippen LogP contribution in [0.2, 0.25) is 0 Å². The Morgan fingerprint density at radius 1 is 1.23 bits per heavy atom. The second-order valence-electron chi connectivity index (χ2n) is 5.35. The molecule has 0 amide bonds. The molecule has 116 valence electrons. The number of nitrogens with zero attached hydrogens (tertiary/aromatic N) is 2. The van der Waals surface area contributed by atoms with Crippen LogP contribution < -0.4 is 0 Å². The number of nitriles is 1. The van der Waals surface area contributed by atoms with Crippen molar-refractivity contribution in [3.63, 3.8) is 0 Å². The van der Waals surface area contributed by atoms with Gasteiger partial charge in [0.2, 0.25) is 0 Å². The van der Waals surface area contributed by atoms with E-state index in [1.165, 1.54) is 20.3 Å². The summed E-state index contributed by atoms with van der Waals surface area (Å²) >= 11 is 0. The Labute approximate surface area is 129 Å². The van der Waals surface area contributed by atoms with E-state index in [2.05, 4.69) is 10.8 Å². The predicted molar refractivity (Wildman–Crippen MR) is 78.5 cm³/mol. The number of hydrogen-bond acceptors (Lipinski definition) is 6. The Bertz CT molecular complexity index is 636. The van der Waals surface area contributed by atoms with E-state index in [4.69, 9.17) is 4.74 Å². The number of likely N-dealkylation sites (tertiary alicyclic amines) is 1. The number of esters is 2. The van der Waals surface area contributed by atoms with E-state index >= 15 is 0 Å². The lowest BCUT2D eigenvalue weighted by Crippen LogP contribution is -2.16. The van der Waals surface area contributed by atoms with E-state index in [1.807, 2.05) is 11.9 Å². The first kappa shape index (κ1) is 16.0. The molecule has 1 aromatic rings. The monoisotopic (exact) mass is 302 g/mol. The Hall–Kier alpha value is -2.39. The molecule has 6 nitrogen and oxygen atoms in total. The van der Waals surface area contributed by atoms with Crippen LogP contribution in [0.3, 0.4) is 0 Å². The Kier molecular flexibility index (Phi) is 4.78. The highest BCUT2D eigenvalue weighted by atomic mass is 16.5. The van der Waals surface area contributed by atoms with Crippen molar-refractivity contribution in [1.29, 1.82) is 5.26 Å². The van der Waals surface area contributed by atoms with E-state index in [9.17, 15) is 14.9 Å². The van der Waals surface area contributed by atoms with Gasteiger partial charge in [-0.3, -0.25) is 0 Å². The van der Waals surface area contributed by atoms with Crippen molar-refractivity contribution in [1.82, 2.24) is 4.90 Å². The lowest BCUT2D eigenvalue weighted by Gasteiger charge is -2.17. The third kappa shape index (κ3) is 2.95. The van der Waals surface area contributed by atoms with E-state index in [1.54, 1.807) is 12.1 Å². The first-order chi connectivity index (χ1) is 10.5. The minimum absolute atomic E-state index is 0.0872. The number of carbonyl (C=O) groups is 2. The summed E-state index contributed by atoms with van der Waals surface area (Å²) in [6, 6.07) is 7.09. The Morgan fingerprint density at radius 3 is 2.50 bits per heavy atom. The zero-order valence-electron chi connectivity index (χ0n) is 12.8. The van der Waals surface area contributed by atoms with Gasteiger partial charge in [-0.05, 0) is 24.7 Å². The van der Waals surface area contributed by atoms with Gasteiger partial charge in [0.05, 0.1) is 37.3 Å². The quantitative estimate of drug-likeness (QED) is 0.786. The SMILES string of the molecule is COC(=O)c1ccc(C2CN(C)CC2C#N)c(C(=O)OC)c1. The summed E-state index contributed by atoms with van der Waals surface area (Å²) in [6.07, 6.45) is 0. The van der Waals surface area contributed by atoms with Gasteiger partial charge in [-0.2, -0.15) is 5.26 Å². The largest absolute Gasteiger partial charge is 0.465 e. The summed E-state index contributed by atoms with van der Waals surface area (Å²) in [5.41, 5.74) is 1.33. The van der Waals surface area contributed by atoms with Crippen LogP contribution in [0.4, 0.5) is 0 Å². The summed E-state index contributed by atoms with van der Waals surface area (Å²) in [7, 11) is 4.51. The van der Waals surface area contributed by atoms with E-state index in [0.29, 0.717) is 18.7 Å². The molecule has 1 aliphatic rings. The van der Waals surface area contributed by atoms with Crippen molar-refractivity contribution in [2.24, 2.45) is 5.92 Å². The molecule has 0 spiro atoms. The van der Waals surface area contributed by atoms with Gasteiger partial charge in [-0.25, -0.2) is 9.59 Å². The summed E-state index contributed by atoms with van der Waals surface area (Å²) < 4.78 is 9.49. The van der Waals surface area contributed by atoms with Crippen LogP contribution in [-0.2, 0) is 9.47 Å². The fourth-order valence-corrected chi connectivity index (χ4v) is 2.86. The van der Waals surface area contributed by atoms with Crippen LogP contribution in [0.5, 0.6) is 0 Å². The molecule has 2 unspecified atom stereocenters. The van der Waals surface area contributed by atoms with Gasteiger partial charge < -0.3 is 14.4 Å². The van der Waals surface area contributed by atoms with E-state index < -0.39 is 11.9 Å². The lowest BCUT2D eigenvalue weighted by molar-refractivity contribution is 0.0598. The average molecular weight is 302 g/mol. The maximum absolute atomic E-state index is 12.1. The van der Waals surface area contributed by atoms with Crippen molar-refractivity contribution in [2.75, 3.05) is 34.4 Å². The van der Waals surface area contributed by atoms with Gasteiger partial charge in [0.25, 0.3) is 0 Å². The number of methoxy groups -OCH3 is 2. The molecule has 0 aliphatic carbocycles. The molecule has 2 atom stereocenters. The molecule has 0 aromatic heterocycles. The predicted octanol–water partition coefficient (Wildman–Crippen LogP) is 1.43. The maximum atomic E-state index is 12.1. The molecule has 6 heteroatoms. The molecule has 22 heavy (non-hydrogen) atoms. The zero-order chi connectivity index (χ0) is 16.3. The van der Waals surface area contributed by atoms with Gasteiger partial charge in [-0.1, -0.05) is 6.07 Å². The number of carbonyl (C=O) groups excluding carboxylic acids is 2. The topological polar surface area (TPSA) is 79.6 Å². The summed E-state index contributed by atoms with van der Waals surface area (Å²) in [6.45, 7) is 1.33. The van der Waals surface area contributed by atoms with Gasteiger partial charge in [0.15, 0.2) is 0 Å². The van der Waals surface area contributed by atoms with Crippen LogP contribution in [0, 0.1) is 17.2 Å². The van der Waals surface area contributed by atoms with Crippen LogP contribution in [0.15, 0.2) is 18.2 Å². The van der Waals surface area contributed by atoms with Crippen LogP contribution >= 0.6 is 0 Å². The number of likely N-dealkylation sites (N-methyl/N-ethyl adjacent to an activating group) is 1. The standard InChI is InChI=1S/C16H18N2O4/c1-18-8-11(7-17)14(9-18)12-5-4-10(15(19)21-2)6-13(12)16(20)22-3/h4-6,11,14H,8-9H2,1-3H3. The second kappa shape index (κ2) is 6.58. The summed E-state index contributed by atoms with van der Waals surface area (Å²) in [4.78, 5) is 25.8. The highest BCUT2D eigenvalue weighted by Gasteiger charge is 2.34. The molecule has 0 saturated carbocycles. The molecule has 0 bridgehead atoms. The van der Waals surface area contributed by atoms with Crippen LogP contribution in [0.1, 0.15) is 32.2 Å². The molecular weight excluding hydrogens is 284 g/mol. The fraction of sp³-hybridized carbons (Fsp3) is 0.438. The first-order valence-electron chi connectivity index (χ1n) is 6.90. The Morgan fingerprint density at radius 2 is 1.91 bits per heavy atom. The molecule has 0 N–H and O–H groups in total. The van der Waals surface area contributed by atoms with Gasteiger partial charge >= 0.3 is 11.9 Å². The highest BCUT2D eigenvalue weighted by Crippen LogP contribution is 2.34. The van der Waals surface area contributed by atoms with Gasteiger partial charge in [-0.15, -0.1) is 0 Å².